The Balaban J connectivity index is 1.95. The number of methoxy groups -OCH3 is 1. The van der Waals surface area contributed by atoms with E-state index in [9.17, 15) is 9.59 Å². The van der Waals surface area contributed by atoms with Gasteiger partial charge in [0.2, 0.25) is 11.8 Å². The molecule has 0 saturated carbocycles. The van der Waals surface area contributed by atoms with Crippen molar-refractivity contribution in [3.8, 4) is 5.75 Å². The first-order valence-corrected chi connectivity index (χ1v) is 9.12. The van der Waals surface area contributed by atoms with Crippen LogP contribution in [-0.2, 0) is 9.59 Å². The number of likely N-dealkylation sites (N-methyl/N-ethyl adjacent to an activating group) is 1. The zero-order valence-electron chi connectivity index (χ0n) is 16.5. The maximum atomic E-state index is 12.6. The molecule has 0 radical (unpaired) electrons. The van der Waals surface area contributed by atoms with Crippen LogP contribution < -0.4 is 10.1 Å². The summed E-state index contributed by atoms with van der Waals surface area (Å²) < 4.78 is 5.31. The Morgan fingerprint density at radius 2 is 2.08 bits per heavy atom. The maximum Gasteiger partial charge on any atom is 0.240 e. The van der Waals surface area contributed by atoms with Crippen LogP contribution in [0.5, 0.6) is 5.75 Å². The third-order valence-electron chi connectivity index (χ3n) is 4.50. The molecule has 144 valence electrons. The standard InChI is InChI=1S/C20H31N3O3/c1-20(2,3)21-18(24)13-22(4)19(25)14-23-11-7-10-17(23)15-8-6-9-16(12-15)26-5/h6,8-9,12,17H,7,10-11,13-14H2,1-5H3,(H,21,24). The van der Waals surface area contributed by atoms with Crippen LogP contribution in [0.3, 0.4) is 0 Å². The first-order valence-electron chi connectivity index (χ1n) is 9.12. The minimum absolute atomic E-state index is 0.0381. The molecule has 2 rings (SSSR count). The number of ether oxygens (including phenoxy) is 1. The molecule has 0 aromatic heterocycles. The highest BCUT2D eigenvalue weighted by molar-refractivity contribution is 5.85. The third kappa shape index (κ3) is 5.73. The Morgan fingerprint density at radius 1 is 1.35 bits per heavy atom. The summed E-state index contributed by atoms with van der Waals surface area (Å²) in [6, 6.07) is 8.24. The highest BCUT2D eigenvalue weighted by Crippen LogP contribution is 2.33. The quantitative estimate of drug-likeness (QED) is 0.844. The van der Waals surface area contributed by atoms with E-state index in [0.717, 1.165) is 25.1 Å². The molecule has 0 spiro atoms. The third-order valence-corrected chi connectivity index (χ3v) is 4.50. The largest absolute Gasteiger partial charge is 0.497 e. The molecule has 1 fully saturated rings. The lowest BCUT2D eigenvalue weighted by Crippen LogP contribution is -2.47. The minimum Gasteiger partial charge on any atom is -0.497 e. The maximum absolute atomic E-state index is 12.6. The Bertz CT molecular complexity index is 639. The first kappa shape index (κ1) is 20.2. The van der Waals surface area contributed by atoms with Crippen molar-refractivity contribution in [2.45, 2.75) is 45.2 Å². The van der Waals surface area contributed by atoms with Gasteiger partial charge in [-0.2, -0.15) is 0 Å². The molecule has 6 nitrogen and oxygen atoms in total. The van der Waals surface area contributed by atoms with Gasteiger partial charge < -0.3 is 15.0 Å². The number of benzene rings is 1. The number of nitrogens with one attached hydrogen (secondary N) is 1. The van der Waals surface area contributed by atoms with Crippen LogP contribution in [0.1, 0.15) is 45.2 Å². The molecule has 1 aliphatic heterocycles. The molecular weight excluding hydrogens is 330 g/mol. The van der Waals surface area contributed by atoms with Crippen LogP contribution in [0.25, 0.3) is 0 Å². The van der Waals surface area contributed by atoms with Gasteiger partial charge in [-0.25, -0.2) is 0 Å². The number of likely N-dealkylation sites (tertiary alicyclic amines) is 1. The summed E-state index contributed by atoms with van der Waals surface area (Å²) >= 11 is 0. The van der Waals surface area contributed by atoms with Crippen molar-refractivity contribution in [1.82, 2.24) is 15.1 Å². The van der Waals surface area contributed by atoms with Gasteiger partial charge in [-0.1, -0.05) is 12.1 Å². The number of hydrogen-bond acceptors (Lipinski definition) is 4. The van der Waals surface area contributed by atoms with Crippen LogP contribution in [0, 0.1) is 0 Å². The second kappa shape index (κ2) is 8.54. The zero-order chi connectivity index (χ0) is 19.3. The van der Waals surface area contributed by atoms with Gasteiger partial charge in [-0.05, 0) is 57.9 Å². The van der Waals surface area contributed by atoms with Gasteiger partial charge in [0, 0.05) is 18.6 Å². The fourth-order valence-corrected chi connectivity index (χ4v) is 3.30. The normalized spacial score (nSPS) is 17.8. The summed E-state index contributed by atoms with van der Waals surface area (Å²) in [5.74, 6) is 0.652. The van der Waals surface area contributed by atoms with E-state index < -0.39 is 0 Å². The second-order valence-electron chi connectivity index (χ2n) is 7.95. The Hall–Kier alpha value is -2.08. The molecule has 2 amide bonds. The summed E-state index contributed by atoms with van der Waals surface area (Å²) in [5, 5.41) is 2.89. The van der Waals surface area contributed by atoms with Crippen LogP contribution in [-0.4, -0.2) is 60.9 Å². The fraction of sp³-hybridized carbons (Fsp3) is 0.600. The molecule has 1 saturated heterocycles. The molecule has 26 heavy (non-hydrogen) atoms. The Labute approximate surface area is 156 Å². The fourth-order valence-electron chi connectivity index (χ4n) is 3.30. The summed E-state index contributed by atoms with van der Waals surface area (Å²) in [5.41, 5.74) is 0.871. The van der Waals surface area contributed by atoms with Gasteiger partial charge in [0.05, 0.1) is 20.2 Å². The highest BCUT2D eigenvalue weighted by atomic mass is 16.5. The van der Waals surface area contributed by atoms with E-state index >= 15 is 0 Å². The van der Waals surface area contributed by atoms with E-state index in [1.165, 1.54) is 10.5 Å². The smallest absolute Gasteiger partial charge is 0.240 e. The van der Waals surface area contributed by atoms with Crippen LogP contribution in [0.2, 0.25) is 0 Å². The lowest BCUT2D eigenvalue weighted by Gasteiger charge is -2.27. The molecular formula is C20H31N3O3. The monoisotopic (exact) mass is 361 g/mol. The average molecular weight is 361 g/mol. The van der Waals surface area contributed by atoms with Crippen LogP contribution in [0.4, 0.5) is 0 Å². The summed E-state index contributed by atoms with van der Waals surface area (Å²) in [4.78, 5) is 28.3. The topological polar surface area (TPSA) is 61.9 Å². The first-order chi connectivity index (χ1) is 12.2. The number of carbonyl (C=O) groups is 2. The van der Waals surface area contributed by atoms with Gasteiger partial charge >= 0.3 is 0 Å². The summed E-state index contributed by atoms with van der Waals surface area (Å²) in [7, 11) is 3.34. The molecule has 1 aromatic rings. The number of rotatable bonds is 6. The van der Waals surface area contributed by atoms with Gasteiger partial charge in [0.1, 0.15) is 5.75 Å². The van der Waals surface area contributed by atoms with Crippen LogP contribution >= 0.6 is 0 Å². The van der Waals surface area contributed by atoms with Crippen molar-refractivity contribution in [3.05, 3.63) is 29.8 Å². The molecule has 1 aromatic carbocycles. The van der Waals surface area contributed by atoms with Gasteiger partial charge in [-0.3, -0.25) is 14.5 Å². The molecule has 6 heteroatoms. The van der Waals surface area contributed by atoms with E-state index in [-0.39, 0.29) is 29.9 Å². The van der Waals surface area contributed by atoms with Gasteiger partial charge in [-0.15, -0.1) is 0 Å². The van der Waals surface area contributed by atoms with Gasteiger partial charge in [0.25, 0.3) is 0 Å². The van der Waals surface area contributed by atoms with Crippen LogP contribution in [0.15, 0.2) is 24.3 Å². The summed E-state index contributed by atoms with van der Waals surface area (Å²) in [6.45, 7) is 7.06. The van der Waals surface area contributed by atoms with E-state index in [4.69, 9.17) is 4.74 Å². The van der Waals surface area contributed by atoms with Crippen molar-refractivity contribution in [2.24, 2.45) is 0 Å². The molecule has 1 N–H and O–H groups in total. The predicted octanol–water partition coefficient (Wildman–Crippen LogP) is 2.21. The van der Waals surface area contributed by atoms with Gasteiger partial charge in [0.15, 0.2) is 0 Å². The molecule has 1 unspecified atom stereocenters. The predicted molar refractivity (Wildman–Crippen MR) is 102 cm³/mol. The second-order valence-corrected chi connectivity index (χ2v) is 7.95. The molecule has 0 aliphatic carbocycles. The van der Waals surface area contributed by atoms with E-state index in [0.29, 0.717) is 6.54 Å². The number of nitrogens with zero attached hydrogens (tertiary/aromatic N) is 2. The van der Waals surface area contributed by atoms with Crippen molar-refractivity contribution in [3.63, 3.8) is 0 Å². The Kier molecular flexibility index (Phi) is 6.64. The SMILES string of the molecule is COc1cccc(C2CCCN2CC(=O)N(C)CC(=O)NC(C)(C)C)c1. The van der Waals surface area contributed by atoms with Crippen molar-refractivity contribution < 1.29 is 14.3 Å². The molecule has 0 bridgehead atoms. The van der Waals surface area contributed by atoms with E-state index in [2.05, 4.69) is 16.3 Å². The molecule has 1 heterocycles. The van der Waals surface area contributed by atoms with Crippen molar-refractivity contribution in [2.75, 3.05) is 33.8 Å². The molecule has 1 aliphatic rings. The average Bonchev–Trinajstić information content (AvgIpc) is 3.01. The number of amides is 2. The zero-order valence-corrected chi connectivity index (χ0v) is 16.5. The Morgan fingerprint density at radius 3 is 2.73 bits per heavy atom. The number of carbonyl (C=O) groups excluding carboxylic acids is 2. The minimum atomic E-state index is -0.298. The number of hydrogen-bond donors (Lipinski definition) is 1. The summed E-state index contributed by atoms with van der Waals surface area (Å²) in [6.07, 6.45) is 2.08. The molecule has 1 atom stereocenters. The van der Waals surface area contributed by atoms with Crippen molar-refractivity contribution in [1.29, 1.82) is 0 Å². The highest BCUT2D eigenvalue weighted by Gasteiger charge is 2.29. The van der Waals surface area contributed by atoms with E-state index in [1.807, 2.05) is 39.0 Å². The lowest BCUT2D eigenvalue weighted by atomic mass is 10.0. The van der Waals surface area contributed by atoms with E-state index in [1.54, 1.807) is 14.2 Å². The lowest BCUT2D eigenvalue weighted by molar-refractivity contribution is -0.136. The van der Waals surface area contributed by atoms with Crippen molar-refractivity contribution >= 4 is 11.8 Å².